The Hall–Kier alpha value is -2.17. The van der Waals surface area contributed by atoms with E-state index in [9.17, 15) is 4.79 Å². The molecule has 1 aromatic heterocycles. The van der Waals surface area contributed by atoms with E-state index in [2.05, 4.69) is 4.98 Å². The summed E-state index contributed by atoms with van der Waals surface area (Å²) >= 11 is 7.58. The van der Waals surface area contributed by atoms with Crippen LogP contribution in [0, 0.1) is 0 Å². The summed E-state index contributed by atoms with van der Waals surface area (Å²) in [5.41, 5.74) is 3.32. The number of nitrogens with zero attached hydrogens (tertiary/aromatic N) is 1. The number of carbonyl (C=O) groups is 1. The first-order chi connectivity index (χ1) is 11.2. The Bertz CT molecular complexity index is 830. The van der Waals surface area contributed by atoms with E-state index in [-0.39, 0.29) is 0 Å². The van der Waals surface area contributed by atoms with Gasteiger partial charge in [-0.25, -0.2) is 9.78 Å². The fourth-order valence-corrected chi connectivity index (χ4v) is 3.26. The molecule has 0 aliphatic rings. The number of benzene rings is 2. The van der Waals surface area contributed by atoms with Crippen molar-refractivity contribution < 1.29 is 9.53 Å². The van der Waals surface area contributed by atoms with Crippen molar-refractivity contribution in [1.82, 2.24) is 4.98 Å². The molecule has 0 unspecified atom stereocenters. The summed E-state index contributed by atoms with van der Waals surface area (Å²) in [4.78, 5) is 16.2. The zero-order valence-electron chi connectivity index (χ0n) is 12.5. The lowest BCUT2D eigenvalue weighted by Crippen LogP contribution is -2.04. The normalized spacial score (nSPS) is 10.5. The minimum absolute atomic E-state index is 0.334. The van der Waals surface area contributed by atoms with Gasteiger partial charge in [0.2, 0.25) is 0 Å². The number of halogens is 1. The van der Waals surface area contributed by atoms with Gasteiger partial charge in [0.05, 0.1) is 6.61 Å². The maximum Gasteiger partial charge on any atom is 0.357 e. The number of ether oxygens (including phenoxy) is 1. The topological polar surface area (TPSA) is 39.2 Å². The van der Waals surface area contributed by atoms with E-state index in [1.807, 2.05) is 48.5 Å². The minimum atomic E-state index is -0.398. The second kappa shape index (κ2) is 6.94. The van der Waals surface area contributed by atoms with Crippen LogP contribution in [0.3, 0.4) is 0 Å². The SMILES string of the molecule is CCOC(=O)c1csc(-c2ccc(Cl)cc2-c2ccccc2)n1. The van der Waals surface area contributed by atoms with Crippen LogP contribution in [-0.4, -0.2) is 17.6 Å². The molecule has 0 saturated carbocycles. The third kappa shape index (κ3) is 3.44. The molecule has 116 valence electrons. The van der Waals surface area contributed by atoms with Crippen LogP contribution in [0.2, 0.25) is 5.02 Å². The predicted octanol–water partition coefficient (Wildman–Crippen LogP) is 5.31. The van der Waals surface area contributed by atoms with E-state index in [4.69, 9.17) is 16.3 Å². The lowest BCUT2D eigenvalue weighted by molar-refractivity contribution is 0.0520. The molecule has 0 amide bonds. The van der Waals surface area contributed by atoms with Crippen molar-refractivity contribution in [3.63, 3.8) is 0 Å². The average Bonchev–Trinajstić information content (AvgIpc) is 3.06. The van der Waals surface area contributed by atoms with Crippen LogP contribution >= 0.6 is 22.9 Å². The van der Waals surface area contributed by atoms with Crippen LogP contribution in [0.4, 0.5) is 0 Å². The second-order valence-corrected chi connectivity index (χ2v) is 6.11. The molecule has 0 spiro atoms. The van der Waals surface area contributed by atoms with E-state index in [0.717, 1.165) is 21.7 Å². The van der Waals surface area contributed by atoms with Gasteiger partial charge in [-0.1, -0.05) is 41.9 Å². The number of esters is 1. The van der Waals surface area contributed by atoms with Crippen molar-refractivity contribution in [2.24, 2.45) is 0 Å². The fourth-order valence-electron chi connectivity index (χ4n) is 2.26. The van der Waals surface area contributed by atoms with Gasteiger partial charge in [0.25, 0.3) is 0 Å². The summed E-state index contributed by atoms with van der Waals surface area (Å²) in [6.45, 7) is 2.11. The third-order valence-corrected chi connectivity index (χ3v) is 4.40. The first kappa shape index (κ1) is 15.7. The molecule has 0 aliphatic heterocycles. The quantitative estimate of drug-likeness (QED) is 0.603. The highest BCUT2D eigenvalue weighted by Crippen LogP contribution is 2.35. The summed E-state index contributed by atoms with van der Waals surface area (Å²) in [7, 11) is 0. The van der Waals surface area contributed by atoms with Gasteiger partial charge >= 0.3 is 5.97 Å². The van der Waals surface area contributed by atoms with Gasteiger partial charge in [-0.3, -0.25) is 0 Å². The highest BCUT2D eigenvalue weighted by Gasteiger charge is 2.15. The first-order valence-corrected chi connectivity index (χ1v) is 8.43. The van der Waals surface area contributed by atoms with E-state index < -0.39 is 5.97 Å². The van der Waals surface area contributed by atoms with Crippen LogP contribution in [-0.2, 0) is 4.74 Å². The molecule has 0 radical (unpaired) electrons. The predicted molar refractivity (Wildman–Crippen MR) is 94.0 cm³/mol. The highest BCUT2D eigenvalue weighted by molar-refractivity contribution is 7.13. The molecule has 0 N–H and O–H groups in total. The van der Waals surface area contributed by atoms with Crippen molar-refractivity contribution in [2.45, 2.75) is 6.92 Å². The Kier molecular flexibility index (Phi) is 4.74. The summed E-state index contributed by atoms with van der Waals surface area (Å²) in [6, 6.07) is 15.6. The number of carbonyl (C=O) groups excluding carboxylic acids is 1. The van der Waals surface area contributed by atoms with Crippen LogP contribution in [0.25, 0.3) is 21.7 Å². The molecular weight excluding hydrogens is 330 g/mol. The highest BCUT2D eigenvalue weighted by atomic mass is 35.5. The summed E-state index contributed by atoms with van der Waals surface area (Å²) in [5, 5.41) is 3.15. The van der Waals surface area contributed by atoms with E-state index in [0.29, 0.717) is 17.3 Å². The maximum absolute atomic E-state index is 11.8. The number of aromatic nitrogens is 1. The van der Waals surface area contributed by atoms with Gasteiger partial charge in [0, 0.05) is 16.0 Å². The average molecular weight is 344 g/mol. The van der Waals surface area contributed by atoms with Crippen LogP contribution in [0.5, 0.6) is 0 Å². The van der Waals surface area contributed by atoms with Crippen LogP contribution in [0.1, 0.15) is 17.4 Å². The molecule has 3 nitrogen and oxygen atoms in total. The van der Waals surface area contributed by atoms with Gasteiger partial charge in [0.1, 0.15) is 5.01 Å². The second-order valence-electron chi connectivity index (χ2n) is 4.81. The van der Waals surface area contributed by atoms with Crippen molar-refractivity contribution in [2.75, 3.05) is 6.61 Å². The Morgan fingerprint density at radius 1 is 1.17 bits per heavy atom. The molecule has 0 fully saturated rings. The zero-order chi connectivity index (χ0) is 16.2. The smallest absolute Gasteiger partial charge is 0.357 e. The summed E-state index contributed by atoms with van der Waals surface area (Å²) in [5.74, 6) is -0.398. The molecule has 3 aromatic rings. The number of thiazole rings is 1. The lowest BCUT2D eigenvalue weighted by Gasteiger charge is -2.08. The number of hydrogen-bond acceptors (Lipinski definition) is 4. The van der Waals surface area contributed by atoms with E-state index in [1.54, 1.807) is 12.3 Å². The maximum atomic E-state index is 11.8. The van der Waals surface area contributed by atoms with Crippen molar-refractivity contribution in [3.05, 3.63) is 64.6 Å². The van der Waals surface area contributed by atoms with Gasteiger partial charge in [-0.15, -0.1) is 11.3 Å². The van der Waals surface area contributed by atoms with Crippen molar-refractivity contribution in [3.8, 4) is 21.7 Å². The summed E-state index contributed by atoms with van der Waals surface area (Å²) < 4.78 is 5.00. The van der Waals surface area contributed by atoms with Gasteiger partial charge in [0.15, 0.2) is 5.69 Å². The van der Waals surface area contributed by atoms with Gasteiger partial charge < -0.3 is 4.74 Å². The third-order valence-electron chi connectivity index (χ3n) is 3.29. The monoisotopic (exact) mass is 343 g/mol. The molecule has 3 rings (SSSR count). The number of rotatable bonds is 4. The molecular formula is C18H14ClNO2S. The Labute approximate surface area is 143 Å². The molecule has 23 heavy (non-hydrogen) atoms. The Morgan fingerprint density at radius 3 is 2.70 bits per heavy atom. The van der Waals surface area contributed by atoms with Crippen LogP contribution in [0.15, 0.2) is 53.9 Å². The first-order valence-electron chi connectivity index (χ1n) is 7.17. The van der Waals surface area contributed by atoms with Gasteiger partial charge in [-0.2, -0.15) is 0 Å². The Morgan fingerprint density at radius 2 is 1.96 bits per heavy atom. The van der Waals surface area contributed by atoms with Crippen molar-refractivity contribution >= 4 is 28.9 Å². The fraction of sp³-hybridized carbons (Fsp3) is 0.111. The molecule has 5 heteroatoms. The standard InChI is InChI=1S/C18H14ClNO2S/c1-2-22-18(21)16-11-23-17(20-16)14-9-8-13(19)10-15(14)12-6-4-3-5-7-12/h3-11H,2H2,1H3. The molecule has 0 aliphatic carbocycles. The van der Waals surface area contributed by atoms with Crippen LogP contribution < -0.4 is 0 Å². The molecule has 1 heterocycles. The Balaban J connectivity index is 2.05. The zero-order valence-corrected chi connectivity index (χ0v) is 14.0. The molecule has 2 aromatic carbocycles. The van der Waals surface area contributed by atoms with Gasteiger partial charge in [-0.05, 0) is 36.2 Å². The lowest BCUT2D eigenvalue weighted by atomic mass is 10.00. The van der Waals surface area contributed by atoms with E-state index in [1.165, 1.54) is 11.3 Å². The minimum Gasteiger partial charge on any atom is -0.461 e. The molecule has 0 saturated heterocycles. The number of hydrogen-bond donors (Lipinski definition) is 0. The largest absolute Gasteiger partial charge is 0.461 e. The molecule has 0 atom stereocenters. The summed E-state index contributed by atoms with van der Waals surface area (Å²) in [6.07, 6.45) is 0. The molecule has 0 bridgehead atoms. The van der Waals surface area contributed by atoms with E-state index >= 15 is 0 Å². The van der Waals surface area contributed by atoms with Crippen molar-refractivity contribution in [1.29, 1.82) is 0 Å².